The number of aliphatic hydroxyl groups is 1. The summed E-state index contributed by atoms with van der Waals surface area (Å²) < 4.78 is 5.83. The lowest BCUT2D eigenvalue weighted by Gasteiger charge is -2.42. The first kappa shape index (κ1) is 12.9. The Morgan fingerprint density at radius 3 is 2.80 bits per heavy atom. The normalized spacial score (nSPS) is 29.0. The quantitative estimate of drug-likeness (QED) is 0.704. The van der Waals surface area contributed by atoms with E-state index >= 15 is 0 Å². The zero-order valence-electron chi connectivity index (χ0n) is 10.1. The molecule has 0 saturated carbocycles. The minimum atomic E-state index is -0.229. The van der Waals surface area contributed by atoms with Gasteiger partial charge < -0.3 is 15.6 Å². The maximum Gasteiger partial charge on any atom is 0.0831 e. The second-order valence-corrected chi connectivity index (χ2v) is 5.11. The van der Waals surface area contributed by atoms with Gasteiger partial charge in [-0.25, -0.2) is 0 Å². The maximum absolute atomic E-state index is 9.25. The van der Waals surface area contributed by atoms with Crippen molar-refractivity contribution in [1.82, 2.24) is 4.90 Å². The molecule has 2 atom stereocenters. The fourth-order valence-corrected chi connectivity index (χ4v) is 2.08. The van der Waals surface area contributed by atoms with Crippen LogP contribution in [0.2, 0.25) is 0 Å². The van der Waals surface area contributed by atoms with Gasteiger partial charge in [0.25, 0.3) is 0 Å². The highest BCUT2D eigenvalue weighted by atomic mass is 16.5. The number of morpholine rings is 1. The topological polar surface area (TPSA) is 58.7 Å². The van der Waals surface area contributed by atoms with Gasteiger partial charge in [-0.3, -0.25) is 4.90 Å². The Bertz CT molecular complexity index is 195. The molecule has 1 aliphatic rings. The molecule has 1 heterocycles. The summed E-state index contributed by atoms with van der Waals surface area (Å²) >= 11 is 0. The predicted molar refractivity (Wildman–Crippen MR) is 60.7 cm³/mol. The molecular formula is C11H24N2O2. The van der Waals surface area contributed by atoms with Crippen molar-refractivity contribution in [2.75, 3.05) is 26.2 Å². The highest BCUT2D eigenvalue weighted by molar-refractivity contribution is 4.84. The van der Waals surface area contributed by atoms with E-state index in [1.165, 1.54) is 0 Å². The van der Waals surface area contributed by atoms with Gasteiger partial charge in [-0.1, -0.05) is 0 Å². The van der Waals surface area contributed by atoms with E-state index in [1.54, 1.807) is 0 Å². The van der Waals surface area contributed by atoms with Crippen LogP contribution in [0.3, 0.4) is 0 Å². The number of nitrogens with two attached hydrogens (primary N) is 1. The van der Waals surface area contributed by atoms with Crippen LogP contribution >= 0.6 is 0 Å². The molecule has 0 aromatic heterocycles. The Hall–Kier alpha value is -0.160. The molecule has 3 N–H and O–H groups in total. The monoisotopic (exact) mass is 216 g/mol. The van der Waals surface area contributed by atoms with Crippen molar-refractivity contribution < 1.29 is 9.84 Å². The minimum Gasteiger partial charge on any atom is -0.393 e. The molecule has 90 valence electrons. The van der Waals surface area contributed by atoms with Gasteiger partial charge in [0.15, 0.2) is 0 Å². The lowest BCUT2D eigenvalue weighted by atomic mass is 10.0. The fraction of sp³-hybridized carbons (Fsp3) is 1.00. The van der Waals surface area contributed by atoms with Crippen molar-refractivity contribution >= 4 is 0 Å². The summed E-state index contributed by atoms with van der Waals surface area (Å²) in [5, 5.41) is 9.25. The third-order valence-corrected chi connectivity index (χ3v) is 2.68. The van der Waals surface area contributed by atoms with Crippen molar-refractivity contribution in [3.05, 3.63) is 0 Å². The molecular weight excluding hydrogens is 192 g/mol. The molecule has 0 radical (unpaired) electrons. The fourth-order valence-electron chi connectivity index (χ4n) is 2.08. The number of aliphatic hydroxyl groups excluding tert-OH is 1. The summed E-state index contributed by atoms with van der Waals surface area (Å²) in [5.41, 5.74) is 5.52. The van der Waals surface area contributed by atoms with E-state index in [1.807, 2.05) is 6.92 Å². The van der Waals surface area contributed by atoms with E-state index in [0.717, 1.165) is 26.1 Å². The summed E-state index contributed by atoms with van der Waals surface area (Å²) in [6, 6.07) is 0. The van der Waals surface area contributed by atoms with Gasteiger partial charge in [-0.15, -0.1) is 0 Å². The Morgan fingerprint density at radius 2 is 2.27 bits per heavy atom. The van der Waals surface area contributed by atoms with E-state index in [-0.39, 0.29) is 17.8 Å². The lowest BCUT2D eigenvalue weighted by molar-refractivity contribution is -0.132. The van der Waals surface area contributed by atoms with Gasteiger partial charge >= 0.3 is 0 Å². The molecule has 1 saturated heterocycles. The van der Waals surface area contributed by atoms with Gasteiger partial charge in [0.1, 0.15) is 0 Å². The van der Waals surface area contributed by atoms with Crippen molar-refractivity contribution in [1.29, 1.82) is 0 Å². The summed E-state index contributed by atoms with van der Waals surface area (Å²) in [5.74, 6) is 0. The largest absolute Gasteiger partial charge is 0.393 e. The van der Waals surface area contributed by atoms with Gasteiger partial charge in [-0.2, -0.15) is 0 Å². The average molecular weight is 216 g/mol. The van der Waals surface area contributed by atoms with Crippen LogP contribution in [0.4, 0.5) is 0 Å². The third kappa shape index (κ3) is 4.47. The standard InChI is InChI=1S/C11H24N2O2/c1-9(14)4-5-13-7-10(6-12)15-11(2,3)8-13/h9-10,14H,4-8,12H2,1-3H3. The Kier molecular flexibility index (Phi) is 4.52. The highest BCUT2D eigenvalue weighted by Gasteiger charge is 2.32. The lowest BCUT2D eigenvalue weighted by Crippen LogP contribution is -2.55. The number of rotatable bonds is 4. The summed E-state index contributed by atoms with van der Waals surface area (Å²) in [7, 11) is 0. The summed E-state index contributed by atoms with van der Waals surface area (Å²) in [6.07, 6.45) is 0.711. The van der Waals surface area contributed by atoms with Gasteiger partial charge in [0.05, 0.1) is 17.8 Å². The summed E-state index contributed by atoms with van der Waals surface area (Å²) in [6.45, 7) is 9.28. The SMILES string of the molecule is CC(O)CCN1CC(CN)OC(C)(C)C1. The molecule has 1 rings (SSSR count). The van der Waals surface area contributed by atoms with Crippen LogP contribution in [0.25, 0.3) is 0 Å². The number of nitrogens with zero attached hydrogens (tertiary/aromatic N) is 1. The Morgan fingerprint density at radius 1 is 1.60 bits per heavy atom. The second-order valence-electron chi connectivity index (χ2n) is 5.11. The van der Waals surface area contributed by atoms with E-state index in [9.17, 15) is 5.11 Å². The molecule has 0 bridgehead atoms. The summed E-state index contributed by atoms with van der Waals surface area (Å²) in [4.78, 5) is 2.33. The first-order valence-corrected chi connectivity index (χ1v) is 5.71. The van der Waals surface area contributed by atoms with E-state index in [0.29, 0.717) is 6.54 Å². The predicted octanol–water partition coefficient (Wildman–Crippen LogP) is 0.195. The van der Waals surface area contributed by atoms with Crippen LogP contribution in [0, 0.1) is 0 Å². The molecule has 0 spiro atoms. The van der Waals surface area contributed by atoms with Crippen molar-refractivity contribution in [3.63, 3.8) is 0 Å². The first-order valence-electron chi connectivity index (χ1n) is 5.71. The third-order valence-electron chi connectivity index (χ3n) is 2.68. The zero-order valence-corrected chi connectivity index (χ0v) is 10.1. The van der Waals surface area contributed by atoms with E-state index in [4.69, 9.17) is 10.5 Å². The molecule has 4 nitrogen and oxygen atoms in total. The van der Waals surface area contributed by atoms with Crippen LogP contribution in [-0.2, 0) is 4.74 Å². The smallest absolute Gasteiger partial charge is 0.0831 e. The average Bonchev–Trinajstić information content (AvgIpc) is 2.12. The molecule has 2 unspecified atom stereocenters. The number of ether oxygens (including phenoxy) is 1. The second kappa shape index (κ2) is 5.25. The van der Waals surface area contributed by atoms with E-state index < -0.39 is 0 Å². The number of hydrogen-bond donors (Lipinski definition) is 2. The van der Waals surface area contributed by atoms with Crippen molar-refractivity contribution in [3.8, 4) is 0 Å². The van der Waals surface area contributed by atoms with Crippen LogP contribution in [-0.4, -0.2) is 54.0 Å². The van der Waals surface area contributed by atoms with Crippen molar-refractivity contribution in [2.24, 2.45) is 5.73 Å². The molecule has 0 amide bonds. The molecule has 4 heteroatoms. The molecule has 0 aromatic carbocycles. The van der Waals surface area contributed by atoms with Crippen LogP contribution in [0.15, 0.2) is 0 Å². The van der Waals surface area contributed by atoms with Gasteiger partial charge in [0, 0.05) is 26.2 Å². The molecule has 0 aliphatic carbocycles. The maximum atomic E-state index is 9.25. The molecule has 15 heavy (non-hydrogen) atoms. The van der Waals surface area contributed by atoms with Crippen LogP contribution in [0.5, 0.6) is 0 Å². The van der Waals surface area contributed by atoms with E-state index in [2.05, 4.69) is 18.7 Å². The highest BCUT2D eigenvalue weighted by Crippen LogP contribution is 2.20. The molecule has 0 aromatic rings. The minimum absolute atomic E-state index is 0.124. The van der Waals surface area contributed by atoms with Gasteiger partial charge in [-0.05, 0) is 27.2 Å². The molecule has 1 aliphatic heterocycles. The number of hydrogen-bond acceptors (Lipinski definition) is 4. The first-order chi connectivity index (χ1) is 6.93. The zero-order chi connectivity index (χ0) is 11.5. The van der Waals surface area contributed by atoms with Crippen LogP contribution < -0.4 is 5.73 Å². The van der Waals surface area contributed by atoms with Gasteiger partial charge in [0.2, 0.25) is 0 Å². The molecule has 1 fully saturated rings. The Balaban J connectivity index is 2.43. The Labute approximate surface area is 92.4 Å². The van der Waals surface area contributed by atoms with Crippen molar-refractivity contribution in [2.45, 2.75) is 45.0 Å². The van der Waals surface area contributed by atoms with Crippen LogP contribution in [0.1, 0.15) is 27.2 Å².